The van der Waals surface area contributed by atoms with Crippen LogP contribution in [-0.4, -0.2) is 33.7 Å². The van der Waals surface area contributed by atoms with Gasteiger partial charge in [0.2, 0.25) is 0 Å². The molecule has 4 nitrogen and oxygen atoms in total. The fraction of sp³-hybridized carbons (Fsp3) is 0.500. The molecule has 5 heteroatoms. The fourth-order valence-electron chi connectivity index (χ4n) is 3.11. The molecule has 3 rings (SSSR count). The molecule has 0 spiro atoms. The molecule has 2 aromatic rings. The summed E-state index contributed by atoms with van der Waals surface area (Å²) in [4.78, 5) is 12.4. The lowest BCUT2D eigenvalue weighted by Gasteiger charge is -2.35. The lowest BCUT2D eigenvalue weighted by molar-refractivity contribution is 0.0943. The molecule has 0 atom stereocenters. The van der Waals surface area contributed by atoms with Gasteiger partial charge in [0, 0.05) is 16.7 Å². The maximum atomic E-state index is 12.4. The van der Waals surface area contributed by atoms with Crippen LogP contribution in [0.3, 0.4) is 0 Å². The molecule has 1 amide bonds. The molecule has 0 unspecified atom stereocenters. The first kappa shape index (κ1) is 14.4. The van der Waals surface area contributed by atoms with Gasteiger partial charge in [-0.05, 0) is 25.2 Å². The summed E-state index contributed by atoms with van der Waals surface area (Å²) in [5.74, 6) is -0.0774. The number of H-pyrrole nitrogens is 1. The van der Waals surface area contributed by atoms with Crippen molar-refractivity contribution in [3.63, 3.8) is 0 Å². The molecule has 0 saturated heterocycles. The van der Waals surface area contributed by atoms with Gasteiger partial charge in [-0.3, -0.25) is 9.89 Å². The number of carbonyl (C=O) groups is 1. The van der Waals surface area contributed by atoms with Crippen LogP contribution in [0.1, 0.15) is 42.6 Å². The monoisotopic (exact) mass is 303 g/mol. The smallest absolute Gasteiger partial charge is 0.272 e. The normalized spacial score (nSPS) is 17.8. The predicted octanol–water partition coefficient (Wildman–Crippen LogP) is 3.36. The largest absolute Gasteiger partial charge is 0.349 e. The quantitative estimate of drug-likeness (QED) is 0.910. The number of para-hydroxylation sites is 1. The molecule has 0 bridgehead atoms. The van der Waals surface area contributed by atoms with E-state index in [-0.39, 0.29) is 10.7 Å². The fourth-order valence-corrected chi connectivity index (χ4v) is 4.02. The van der Waals surface area contributed by atoms with Crippen molar-refractivity contribution in [2.24, 2.45) is 0 Å². The molecule has 0 aliphatic heterocycles. The van der Waals surface area contributed by atoms with Crippen LogP contribution in [0.2, 0.25) is 0 Å². The van der Waals surface area contributed by atoms with Gasteiger partial charge in [-0.25, -0.2) is 0 Å². The van der Waals surface area contributed by atoms with E-state index in [9.17, 15) is 4.79 Å². The van der Waals surface area contributed by atoms with Gasteiger partial charge in [0.1, 0.15) is 0 Å². The van der Waals surface area contributed by atoms with Crippen LogP contribution in [0, 0.1) is 0 Å². The summed E-state index contributed by atoms with van der Waals surface area (Å²) in [5, 5.41) is 11.1. The molecule has 112 valence electrons. The zero-order chi connectivity index (χ0) is 14.7. The van der Waals surface area contributed by atoms with Crippen molar-refractivity contribution in [2.75, 3.05) is 12.8 Å². The standard InChI is InChI=1S/C16H21N3OS/c1-21-16(9-5-2-6-10-16)11-17-15(20)14-12-7-3-4-8-13(12)18-19-14/h3-4,7-8H,2,5-6,9-11H2,1H3,(H,17,20)(H,18,19). The molecule has 1 aliphatic carbocycles. The Bertz CT molecular complexity index is 631. The summed E-state index contributed by atoms with van der Waals surface area (Å²) in [6, 6.07) is 7.73. The molecule has 1 aliphatic rings. The van der Waals surface area contributed by atoms with E-state index < -0.39 is 0 Å². The van der Waals surface area contributed by atoms with E-state index in [1.54, 1.807) is 0 Å². The van der Waals surface area contributed by atoms with Crippen molar-refractivity contribution >= 4 is 28.6 Å². The number of hydrogen-bond acceptors (Lipinski definition) is 3. The highest BCUT2D eigenvalue weighted by molar-refractivity contribution is 8.00. The third-order valence-corrected chi connectivity index (χ3v) is 5.87. The highest BCUT2D eigenvalue weighted by atomic mass is 32.2. The van der Waals surface area contributed by atoms with Crippen LogP contribution in [0.4, 0.5) is 0 Å². The van der Waals surface area contributed by atoms with Crippen LogP contribution in [-0.2, 0) is 0 Å². The summed E-state index contributed by atoms with van der Waals surface area (Å²) in [6.07, 6.45) is 8.39. The maximum Gasteiger partial charge on any atom is 0.272 e. The Kier molecular flexibility index (Phi) is 4.19. The van der Waals surface area contributed by atoms with Crippen molar-refractivity contribution in [1.82, 2.24) is 15.5 Å². The Morgan fingerprint density at radius 2 is 2.10 bits per heavy atom. The van der Waals surface area contributed by atoms with Gasteiger partial charge in [0.25, 0.3) is 5.91 Å². The number of aromatic nitrogens is 2. The summed E-state index contributed by atoms with van der Waals surface area (Å²) >= 11 is 1.89. The van der Waals surface area contributed by atoms with Crippen molar-refractivity contribution in [1.29, 1.82) is 0 Å². The molecule has 1 saturated carbocycles. The molecule has 1 fully saturated rings. The third-order valence-electron chi connectivity index (χ3n) is 4.45. The van der Waals surface area contributed by atoms with Gasteiger partial charge >= 0.3 is 0 Å². The Morgan fingerprint density at radius 1 is 1.33 bits per heavy atom. The van der Waals surface area contributed by atoms with Crippen LogP contribution < -0.4 is 5.32 Å². The van der Waals surface area contributed by atoms with Gasteiger partial charge in [0.05, 0.1) is 5.52 Å². The molecule has 1 aromatic carbocycles. The molecular formula is C16H21N3OS. The van der Waals surface area contributed by atoms with Crippen molar-refractivity contribution < 1.29 is 4.79 Å². The van der Waals surface area contributed by atoms with E-state index in [1.165, 1.54) is 32.1 Å². The zero-order valence-corrected chi connectivity index (χ0v) is 13.1. The van der Waals surface area contributed by atoms with E-state index >= 15 is 0 Å². The first-order chi connectivity index (χ1) is 10.2. The maximum absolute atomic E-state index is 12.4. The number of thioether (sulfide) groups is 1. The first-order valence-corrected chi connectivity index (χ1v) is 8.73. The Hall–Kier alpha value is -1.49. The van der Waals surface area contributed by atoms with Crippen LogP contribution >= 0.6 is 11.8 Å². The van der Waals surface area contributed by atoms with Gasteiger partial charge in [-0.1, -0.05) is 37.5 Å². The Morgan fingerprint density at radius 3 is 2.86 bits per heavy atom. The molecule has 1 aromatic heterocycles. The van der Waals surface area contributed by atoms with Crippen molar-refractivity contribution in [3.05, 3.63) is 30.0 Å². The second-order valence-electron chi connectivity index (χ2n) is 5.75. The van der Waals surface area contributed by atoms with Gasteiger partial charge < -0.3 is 5.32 Å². The van der Waals surface area contributed by atoms with E-state index in [0.717, 1.165) is 17.4 Å². The third kappa shape index (κ3) is 2.93. The van der Waals surface area contributed by atoms with Crippen molar-refractivity contribution in [2.45, 2.75) is 36.9 Å². The van der Waals surface area contributed by atoms with Crippen LogP contribution in [0.15, 0.2) is 24.3 Å². The molecular weight excluding hydrogens is 282 g/mol. The number of nitrogens with zero attached hydrogens (tertiary/aromatic N) is 1. The molecule has 0 radical (unpaired) electrons. The van der Waals surface area contributed by atoms with Gasteiger partial charge in [0.15, 0.2) is 5.69 Å². The zero-order valence-electron chi connectivity index (χ0n) is 12.3. The lowest BCUT2D eigenvalue weighted by atomic mass is 9.88. The lowest BCUT2D eigenvalue weighted by Crippen LogP contribution is -2.41. The summed E-state index contributed by atoms with van der Waals surface area (Å²) < 4.78 is 0.208. The van der Waals surface area contributed by atoms with Crippen LogP contribution in [0.25, 0.3) is 10.9 Å². The minimum atomic E-state index is -0.0774. The molecule has 21 heavy (non-hydrogen) atoms. The SMILES string of the molecule is CSC1(CNC(=O)c2n[nH]c3ccccc23)CCCCC1. The number of nitrogens with one attached hydrogen (secondary N) is 2. The number of hydrogen-bond donors (Lipinski definition) is 2. The van der Waals surface area contributed by atoms with Gasteiger partial charge in [-0.2, -0.15) is 16.9 Å². The Balaban J connectivity index is 1.71. The number of fused-ring (bicyclic) bond motifs is 1. The highest BCUT2D eigenvalue weighted by Crippen LogP contribution is 2.38. The van der Waals surface area contributed by atoms with E-state index in [4.69, 9.17) is 0 Å². The molecule has 1 heterocycles. The van der Waals surface area contributed by atoms with E-state index in [2.05, 4.69) is 21.8 Å². The average molecular weight is 303 g/mol. The highest BCUT2D eigenvalue weighted by Gasteiger charge is 2.31. The number of benzene rings is 1. The number of amides is 1. The van der Waals surface area contributed by atoms with E-state index in [1.807, 2.05) is 36.0 Å². The summed E-state index contributed by atoms with van der Waals surface area (Å²) in [7, 11) is 0. The topological polar surface area (TPSA) is 57.8 Å². The van der Waals surface area contributed by atoms with Crippen LogP contribution in [0.5, 0.6) is 0 Å². The predicted molar refractivity (Wildman–Crippen MR) is 87.8 cm³/mol. The van der Waals surface area contributed by atoms with Crippen molar-refractivity contribution in [3.8, 4) is 0 Å². The second kappa shape index (κ2) is 6.10. The first-order valence-electron chi connectivity index (χ1n) is 7.51. The minimum absolute atomic E-state index is 0.0774. The minimum Gasteiger partial charge on any atom is -0.349 e. The summed E-state index contributed by atoms with van der Waals surface area (Å²) in [6.45, 7) is 0.730. The number of rotatable bonds is 4. The Labute approximate surface area is 129 Å². The summed E-state index contributed by atoms with van der Waals surface area (Å²) in [5.41, 5.74) is 1.40. The second-order valence-corrected chi connectivity index (χ2v) is 7.02. The number of carbonyl (C=O) groups excluding carboxylic acids is 1. The van der Waals surface area contributed by atoms with E-state index in [0.29, 0.717) is 5.69 Å². The molecule has 2 N–H and O–H groups in total. The average Bonchev–Trinajstić information content (AvgIpc) is 2.98. The van der Waals surface area contributed by atoms with Gasteiger partial charge in [-0.15, -0.1) is 0 Å². The number of aromatic amines is 1.